The molecular formula is C14H13ClN2O2. The molecule has 2 aromatic rings. The van der Waals surface area contributed by atoms with Gasteiger partial charge in [0, 0.05) is 23.7 Å². The monoisotopic (exact) mass is 276 g/mol. The lowest BCUT2D eigenvalue weighted by molar-refractivity contribution is 0.101. The van der Waals surface area contributed by atoms with Crippen LogP contribution < -0.4 is 5.43 Å². The molecule has 0 atom stereocenters. The van der Waals surface area contributed by atoms with E-state index in [4.69, 9.17) is 11.6 Å². The molecule has 5 heteroatoms. The largest absolute Gasteiger partial charge is 0.293 e. The summed E-state index contributed by atoms with van der Waals surface area (Å²) in [5.74, 6) is -0.342. The van der Waals surface area contributed by atoms with Crippen LogP contribution in [0.1, 0.15) is 28.7 Å². The molecule has 0 unspecified atom stereocenters. The van der Waals surface area contributed by atoms with Gasteiger partial charge < -0.3 is 0 Å². The average Bonchev–Trinajstić information content (AvgIpc) is 2.30. The number of aromatic nitrogens is 2. The minimum Gasteiger partial charge on any atom is -0.293 e. The summed E-state index contributed by atoms with van der Waals surface area (Å²) in [6, 6.07) is 6.78. The molecule has 1 aromatic carbocycles. The molecule has 19 heavy (non-hydrogen) atoms. The third-order valence-corrected chi connectivity index (χ3v) is 3.06. The zero-order chi connectivity index (χ0) is 14.2. The van der Waals surface area contributed by atoms with Gasteiger partial charge in [0.05, 0.1) is 5.69 Å². The van der Waals surface area contributed by atoms with Crippen molar-refractivity contribution in [3.8, 4) is 5.69 Å². The van der Waals surface area contributed by atoms with E-state index in [9.17, 15) is 9.59 Å². The molecule has 0 aliphatic rings. The summed E-state index contributed by atoms with van der Waals surface area (Å²) in [6.07, 6.45) is 0. The Bertz CT molecular complexity index is 720. The lowest BCUT2D eigenvalue weighted by Gasteiger charge is -2.13. The number of hydrogen-bond acceptors (Lipinski definition) is 3. The highest BCUT2D eigenvalue weighted by Crippen LogP contribution is 2.19. The molecular weight excluding hydrogens is 264 g/mol. The molecule has 1 aromatic heterocycles. The Morgan fingerprint density at radius 3 is 2.53 bits per heavy atom. The number of nitrogens with zero attached hydrogens (tertiary/aromatic N) is 2. The van der Waals surface area contributed by atoms with Gasteiger partial charge in [0.2, 0.25) is 5.43 Å². The minimum absolute atomic E-state index is 0.0556. The van der Waals surface area contributed by atoms with Crippen molar-refractivity contribution in [2.75, 3.05) is 0 Å². The van der Waals surface area contributed by atoms with Gasteiger partial charge in [0.25, 0.3) is 0 Å². The van der Waals surface area contributed by atoms with Gasteiger partial charge in [-0.25, -0.2) is 4.68 Å². The van der Waals surface area contributed by atoms with Crippen LogP contribution in [0, 0.1) is 13.8 Å². The Kier molecular flexibility index (Phi) is 3.53. The third-order valence-electron chi connectivity index (χ3n) is 2.83. The van der Waals surface area contributed by atoms with Crippen LogP contribution in [-0.4, -0.2) is 15.6 Å². The normalized spacial score (nSPS) is 10.5. The first-order valence-electron chi connectivity index (χ1n) is 5.78. The van der Waals surface area contributed by atoms with Crippen LogP contribution in [0.25, 0.3) is 5.69 Å². The summed E-state index contributed by atoms with van der Waals surface area (Å²) in [4.78, 5) is 23.1. The van der Waals surface area contributed by atoms with Crippen LogP contribution in [0.5, 0.6) is 0 Å². The van der Waals surface area contributed by atoms with Gasteiger partial charge in [-0.1, -0.05) is 11.6 Å². The summed E-state index contributed by atoms with van der Waals surface area (Å²) in [5.41, 5.74) is 1.97. The van der Waals surface area contributed by atoms with E-state index in [0.717, 1.165) is 11.3 Å². The van der Waals surface area contributed by atoms with Crippen LogP contribution in [0.4, 0.5) is 0 Å². The summed E-state index contributed by atoms with van der Waals surface area (Å²) in [6.45, 7) is 5.00. The van der Waals surface area contributed by atoms with E-state index >= 15 is 0 Å². The van der Waals surface area contributed by atoms with Gasteiger partial charge in [-0.2, -0.15) is 5.10 Å². The van der Waals surface area contributed by atoms with Gasteiger partial charge in [0.1, 0.15) is 0 Å². The van der Waals surface area contributed by atoms with E-state index in [-0.39, 0.29) is 16.9 Å². The highest BCUT2D eigenvalue weighted by atomic mass is 35.5. The van der Waals surface area contributed by atoms with Crippen LogP contribution in [0.2, 0.25) is 5.02 Å². The second kappa shape index (κ2) is 4.97. The van der Waals surface area contributed by atoms with E-state index in [1.54, 1.807) is 17.7 Å². The minimum atomic E-state index is -0.354. The Balaban J connectivity index is 2.71. The number of hydrogen-bond donors (Lipinski definition) is 0. The quantitative estimate of drug-likeness (QED) is 0.793. The molecule has 0 aliphatic carbocycles. The highest BCUT2D eigenvalue weighted by molar-refractivity contribution is 6.30. The van der Waals surface area contributed by atoms with Gasteiger partial charge >= 0.3 is 0 Å². The number of carbonyl (C=O) groups excluding carboxylic acids is 1. The first-order valence-corrected chi connectivity index (χ1v) is 6.16. The number of rotatable bonds is 2. The number of ketones is 1. The maximum absolute atomic E-state index is 11.7. The molecule has 0 bridgehead atoms. The molecule has 4 nitrogen and oxygen atoms in total. The zero-order valence-corrected chi connectivity index (χ0v) is 11.7. The van der Waals surface area contributed by atoms with Crippen molar-refractivity contribution in [3.05, 3.63) is 56.5 Å². The Hall–Kier alpha value is -1.94. The van der Waals surface area contributed by atoms with Crippen LogP contribution in [0.15, 0.2) is 29.1 Å². The van der Waals surface area contributed by atoms with Gasteiger partial charge in [-0.3, -0.25) is 9.59 Å². The van der Waals surface area contributed by atoms with Crippen molar-refractivity contribution in [1.82, 2.24) is 9.78 Å². The average molecular weight is 277 g/mol. The fourth-order valence-electron chi connectivity index (χ4n) is 1.89. The highest BCUT2D eigenvalue weighted by Gasteiger charge is 2.12. The summed E-state index contributed by atoms with van der Waals surface area (Å²) in [5, 5.41) is 4.77. The van der Waals surface area contributed by atoms with Crippen molar-refractivity contribution in [1.29, 1.82) is 0 Å². The Labute approximate surface area is 115 Å². The summed E-state index contributed by atoms with van der Waals surface area (Å²) < 4.78 is 1.59. The maximum Gasteiger partial charge on any atom is 0.211 e. The molecule has 2 rings (SSSR count). The summed E-state index contributed by atoms with van der Waals surface area (Å²) >= 11 is 5.92. The molecule has 0 spiro atoms. The zero-order valence-electron chi connectivity index (χ0n) is 10.9. The van der Waals surface area contributed by atoms with Crippen molar-refractivity contribution in [2.24, 2.45) is 0 Å². The Morgan fingerprint density at radius 2 is 1.95 bits per heavy atom. The topological polar surface area (TPSA) is 52.0 Å². The second-order valence-corrected chi connectivity index (χ2v) is 4.83. The number of aryl methyl sites for hydroxylation is 2. The van der Waals surface area contributed by atoms with E-state index in [2.05, 4.69) is 5.10 Å². The second-order valence-electron chi connectivity index (χ2n) is 4.40. The third kappa shape index (κ3) is 2.58. The van der Waals surface area contributed by atoms with Crippen LogP contribution in [-0.2, 0) is 0 Å². The number of Topliss-reactive ketones (excluding diaryl/α,β-unsaturated/α-hetero) is 1. The first kappa shape index (κ1) is 13.5. The summed E-state index contributed by atoms with van der Waals surface area (Å²) in [7, 11) is 0. The fourth-order valence-corrected chi connectivity index (χ4v) is 2.12. The van der Waals surface area contributed by atoms with E-state index in [1.807, 2.05) is 19.1 Å². The van der Waals surface area contributed by atoms with Crippen molar-refractivity contribution in [3.63, 3.8) is 0 Å². The van der Waals surface area contributed by atoms with Gasteiger partial charge in [0.15, 0.2) is 11.5 Å². The van der Waals surface area contributed by atoms with Crippen LogP contribution in [0.3, 0.4) is 0 Å². The van der Waals surface area contributed by atoms with Gasteiger partial charge in [-0.05, 0) is 37.6 Å². The predicted octanol–water partition coefficient (Wildman–Crippen LogP) is 2.71. The molecule has 0 N–H and O–H groups in total. The van der Waals surface area contributed by atoms with E-state index in [1.165, 1.54) is 13.0 Å². The molecule has 0 saturated carbocycles. The lowest BCUT2D eigenvalue weighted by Crippen LogP contribution is -2.21. The predicted molar refractivity (Wildman–Crippen MR) is 74.3 cm³/mol. The van der Waals surface area contributed by atoms with Crippen molar-refractivity contribution in [2.45, 2.75) is 20.8 Å². The molecule has 0 fully saturated rings. The molecule has 0 radical (unpaired) electrons. The number of carbonyl (C=O) groups is 1. The van der Waals surface area contributed by atoms with E-state index in [0.29, 0.717) is 10.7 Å². The van der Waals surface area contributed by atoms with E-state index < -0.39 is 0 Å². The SMILES string of the molecule is CC(=O)c1nn(-c2ccc(Cl)cc2C)c(C)cc1=O. The number of benzene rings is 1. The van der Waals surface area contributed by atoms with Crippen molar-refractivity contribution < 1.29 is 4.79 Å². The van der Waals surface area contributed by atoms with Gasteiger partial charge in [-0.15, -0.1) is 0 Å². The number of halogens is 1. The first-order chi connectivity index (χ1) is 8.90. The lowest BCUT2D eigenvalue weighted by atomic mass is 10.2. The molecule has 0 saturated heterocycles. The van der Waals surface area contributed by atoms with Crippen molar-refractivity contribution >= 4 is 17.4 Å². The molecule has 98 valence electrons. The maximum atomic E-state index is 11.7. The smallest absolute Gasteiger partial charge is 0.211 e. The molecule has 0 aliphatic heterocycles. The standard InChI is InChI=1S/C14H13ClN2O2/c1-8-6-11(15)4-5-12(8)17-9(2)7-13(19)14(16-17)10(3)18/h4-7H,1-3H3. The molecule has 1 heterocycles. The fraction of sp³-hybridized carbons (Fsp3) is 0.214. The molecule has 0 amide bonds. The van der Waals surface area contributed by atoms with Crippen LogP contribution >= 0.6 is 11.6 Å². The Morgan fingerprint density at radius 1 is 1.26 bits per heavy atom.